The average molecular weight is 141 g/mol. The van der Waals surface area contributed by atoms with E-state index in [2.05, 4.69) is 0 Å². The van der Waals surface area contributed by atoms with Crippen molar-refractivity contribution in [3.63, 3.8) is 0 Å². The van der Waals surface area contributed by atoms with Crippen molar-refractivity contribution in [2.75, 3.05) is 0 Å². The Labute approximate surface area is 56.4 Å². The Balaban J connectivity index is -0.00000000500. The van der Waals surface area contributed by atoms with Crippen LogP contribution in [0.4, 0.5) is 0 Å². The molecule has 0 fully saturated rings. The molecule has 0 rings (SSSR count). The van der Waals surface area contributed by atoms with Gasteiger partial charge < -0.3 is 0 Å². The second-order valence-corrected chi connectivity index (χ2v) is 0. The van der Waals surface area contributed by atoms with Crippen LogP contribution in [0.2, 0.25) is 0 Å². The van der Waals surface area contributed by atoms with Crippen LogP contribution in [0, 0.1) is 0 Å². The summed E-state index contributed by atoms with van der Waals surface area (Å²) in [6, 6.07) is 0. The van der Waals surface area contributed by atoms with Gasteiger partial charge in [0.1, 0.15) is 0 Å². The number of hydrogen-bond acceptors (Lipinski definition) is 1. The monoisotopic (exact) mass is 140 g/mol. The summed E-state index contributed by atoms with van der Waals surface area (Å²) in [5, 5.41) is 0. The third-order valence-corrected chi connectivity index (χ3v) is 0. The molecular weight excluding hydrogens is 135 g/mol. The Morgan fingerprint density at radius 3 is 1.00 bits per heavy atom. The van der Waals surface area contributed by atoms with Crippen molar-refractivity contribution < 1.29 is 21.8 Å². The van der Waals surface area contributed by atoms with E-state index >= 15 is 0 Å². The van der Waals surface area contributed by atoms with E-state index in [0.29, 0.717) is 0 Å². The van der Waals surface area contributed by atoms with E-state index in [1.54, 1.807) is 0 Å². The molecule has 0 saturated carbocycles. The molecule has 0 aliphatic heterocycles. The SMILES string of the molecule is [AlH3].[AlH3].[O]=[Zn]. The fourth-order valence-electron chi connectivity index (χ4n) is 0. The normalized spacial score (nSPS) is 1.50. The molecule has 0 heterocycles. The van der Waals surface area contributed by atoms with Crippen molar-refractivity contribution in [3.8, 4) is 0 Å². The molecule has 0 bridgehead atoms. The van der Waals surface area contributed by atoms with Crippen LogP contribution in [0.3, 0.4) is 0 Å². The molecule has 4 heavy (non-hydrogen) atoms. The quantitative estimate of drug-likeness (QED) is 0.341. The van der Waals surface area contributed by atoms with Crippen LogP contribution in [0.25, 0.3) is 0 Å². The van der Waals surface area contributed by atoms with Crippen molar-refractivity contribution in [2.45, 2.75) is 0 Å². The van der Waals surface area contributed by atoms with Crippen LogP contribution in [0.5, 0.6) is 0 Å². The molecule has 0 saturated heterocycles. The van der Waals surface area contributed by atoms with Crippen LogP contribution < -0.4 is 0 Å². The van der Waals surface area contributed by atoms with Crippen molar-refractivity contribution in [1.82, 2.24) is 0 Å². The third-order valence-electron chi connectivity index (χ3n) is 0. The summed E-state index contributed by atoms with van der Waals surface area (Å²) in [7, 11) is 0. The average Bonchev–Trinajstić information content (AvgIpc) is 1.00. The molecular formula is H6Al2OZn. The summed E-state index contributed by atoms with van der Waals surface area (Å²) >= 11 is 0.125. The molecule has 20 valence electrons. The zero-order valence-corrected chi connectivity index (χ0v) is 4.08. The fraction of sp³-hybridized carbons (Fsp3) is 0. The maximum atomic E-state index is 8.38. The topological polar surface area (TPSA) is 17.1 Å². The van der Waals surface area contributed by atoms with Crippen molar-refractivity contribution in [1.29, 1.82) is 0 Å². The molecule has 1 nitrogen and oxygen atoms in total. The summed E-state index contributed by atoms with van der Waals surface area (Å²) < 4.78 is 8.38. The second-order valence-electron chi connectivity index (χ2n) is 0. The van der Waals surface area contributed by atoms with Crippen LogP contribution in [-0.2, 0) is 21.8 Å². The van der Waals surface area contributed by atoms with E-state index in [1.807, 2.05) is 0 Å². The van der Waals surface area contributed by atoms with Gasteiger partial charge >= 0.3 is 21.8 Å². The minimum atomic E-state index is 0. The van der Waals surface area contributed by atoms with Crippen molar-refractivity contribution in [3.05, 3.63) is 0 Å². The molecule has 0 radical (unpaired) electrons. The van der Waals surface area contributed by atoms with E-state index in [4.69, 9.17) is 3.57 Å². The van der Waals surface area contributed by atoms with Gasteiger partial charge in [0.15, 0.2) is 34.7 Å². The summed E-state index contributed by atoms with van der Waals surface area (Å²) in [5.41, 5.74) is 0. The van der Waals surface area contributed by atoms with Gasteiger partial charge in [-0.1, -0.05) is 0 Å². The number of hydrogen-bond donors (Lipinski definition) is 0. The molecule has 0 spiro atoms. The van der Waals surface area contributed by atoms with Gasteiger partial charge in [0.25, 0.3) is 0 Å². The van der Waals surface area contributed by atoms with Gasteiger partial charge in [-0.25, -0.2) is 0 Å². The first kappa shape index (κ1) is 17.9. The van der Waals surface area contributed by atoms with Gasteiger partial charge in [-0.15, -0.1) is 0 Å². The first-order chi connectivity index (χ1) is 1.00. The van der Waals surface area contributed by atoms with E-state index in [0.717, 1.165) is 0 Å². The Morgan fingerprint density at radius 1 is 1.00 bits per heavy atom. The molecule has 0 aromatic rings. The maximum absolute atomic E-state index is 8.38. The van der Waals surface area contributed by atoms with Crippen molar-refractivity contribution in [2.24, 2.45) is 0 Å². The molecule has 0 aliphatic carbocycles. The van der Waals surface area contributed by atoms with Gasteiger partial charge in [0.2, 0.25) is 0 Å². The van der Waals surface area contributed by atoms with E-state index in [1.165, 1.54) is 0 Å². The zero-order chi connectivity index (χ0) is 2.00. The molecule has 0 N–H and O–H groups in total. The van der Waals surface area contributed by atoms with Gasteiger partial charge in [0, 0.05) is 0 Å². The van der Waals surface area contributed by atoms with Crippen molar-refractivity contribution >= 4 is 34.7 Å². The molecule has 0 aromatic heterocycles. The Hall–Kier alpha value is 1.49. The van der Waals surface area contributed by atoms with E-state index in [-0.39, 0.29) is 53.0 Å². The predicted octanol–water partition coefficient (Wildman–Crippen LogP) is -2.49. The summed E-state index contributed by atoms with van der Waals surface area (Å²) in [4.78, 5) is 0. The van der Waals surface area contributed by atoms with Crippen LogP contribution in [0.15, 0.2) is 0 Å². The molecule has 0 atom stereocenters. The molecule has 0 aliphatic rings. The molecule has 0 unspecified atom stereocenters. The predicted molar refractivity (Wildman–Crippen MR) is 20.6 cm³/mol. The van der Waals surface area contributed by atoms with Gasteiger partial charge in [-0.3, -0.25) is 0 Å². The standard InChI is InChI=1S/2Al.O.Zn.6H. The fourth-order valence-corrected chi connectivity index (χ4v) is 0. The molecule has 0 amide bonds. The molecule has 4 heteroatoms. The minimum absolute atomic E-state index is 0. The summed E-state index contributed by atoms with van der Waals surface area (Å²) in [6.45, 7) is 0. The summed E-state index contributed by atoms with van der Waals surface area (Å²) in [5.74, 6) is 0. The number of rotatable bonds is 0. The van der Waals surface area contributed by atoms with Gasteiger partial charge in [-0.05, 0) is 0 Å². The Morgan fingerprint density at radius 2 is 1.00 bits per heavy atom. The van der Waals surface area contributed by atoms with Crippen LogP contribution in [0.1, 0.15) is 0 Å². The first-order valence-electron chi connectivity index (χ1n) is 0.289. The Bertz CT molecular complexity index is 6.00. The molecule has 0 aromatic carbocycles. The van der Waals surface area contributed by atoms with E-state index in [9.17, 15) is 0 Å². The first-order valence-corrected chi connectivity index (χ1v) is 1.50. The van der Waals surface area contributed by atoms with Crippen LogP contribution >= 0.6 is 0 Å². The third kappa shape index (κ3) is 9.75. The van der Waals surface area contributed by atoms with E-state index < -0.39 is 0 Å². The van der Waals surface area contributed by atoms with Gasteiger partial charge in [-0.2, -0.15) is 0 Å². The second kappa shape index (κ2) is 24.7. The van der Waals surface area contributed by atoms with Gasteiger partial charge in [0.05, 0.1) is 0 Å². The Kier molecular flexibility index (Phi) is 110. The summed E-state index contributed by atoms with van der Waals surface area (Å²) in [6.07, 6.45) is 0. The zero-order valence-electron chi connectivity index (χ0n) is 1.12. The van der Waals surface area contributed by atoms with Crippen LogP contribution in [-0.4, -0.2) is 34.7 Å².